The molecule has 0 atom stereocenters. The van der Waals surface area contributed by atoms with Crippen LogP contribution in [0.2, 0.25) is 0 Å². The first-order valence-electron chi connectivity index (χ1n) is 10.1. The van der Waals surface area contributed by atoms with Gasteiger partial charge in [-0.05, 0) is 42.0 Å². The summed E-state index contributed by atoms with van der Waals surface area (Å²) in [4.78, 5) is 16.3. The molecule has 7 heteroatoms. The Hall–Kier alpha value is -3.85. The van der Waals surface area contributed by atoms with E-state index in [1.807, 2.05) is 83.5 Å². The van der Waals surface area contributed by atoms with Crippen LogP contribution in [0.3, 0.4) is 0 Å². The van der Waals surface area contributed by atoms with Crippen LogP contribution in [0, 0.1) is 0 Å². The summed E-state index contributed by atoms with van der Waals surface area (Å²) in [6.45, 7) is 3.98. The first-order valence-corrected chi connectivity index (χ1v) is 11.1. The molecule has 0 spiro atoms. The molecule has 164 valence electrons. The number of halogens is 1. The van der Waals surface area contributed by atoms with E-state index in [0.717, 1.165) is 33.8 Å². The van der Waals surface area contributed by atoms with Gasteiger partial charge < -0.3 is 19.7 Å². The maximum absolute atomic E-state index is 11.6. The largest absolute Gasteiger partial charge is 0.457 e. The third kappa shape index (κ3) is 4.83. The van der Waals surface area contributed by atoms with Crippen molar-refractivity contribution in [2.45, 2.75) is 0 Å². The molecule has 5 N–H and O–H groups in total. The van der Waals surface area contributed by atoms with Gasteiger partial charge in [-0.15, -0.1) is 0 Å². The van der Waals surface area contributed by atoms with Crippen LogP contribution in [0.4, 0.5) is 5.69 Å². The lowest BCUT2D eigenvalue weighted by Crippen LogP contribution is -2.11. The summed E-state index contributed by atoms with van der Waals surface area (Å²) in [6.07, 6.45) is 1.75. The highest BCUT2D eigenvalue weighted by atomic mass is 127. The van der Waals surface area contributed by atoms with E-state index >= 15 is 0 Å². The zero-order valence-corrected chi connectivity index (χ0v) is 19.7. The molecule has 0 saturated carbocycles. The summed E-state index contributed by atoms with van der Waals surface area (Å²) >= 11 is 2.04. The van der Waals surface area contributed by atoms with Crippen molar-refractivity contribution in [2.24, 2.45) is 11.5 Å². The second-order valence-corrected chi connectivity index (χ2v) is 7.81. The number of rotatable bonds is 7. The number of benzene rings is 3. The SMILES string of the molecule is C=C(N)c1c(-c2ccc(Oc3ccccc3)cc2)cnc(-c2cccc(C(N)=O)c2)c1NI. The van der Waals surface area contributed by atoms with Crippen molar-refractivity contribution in [3.8, 4) is 33.9 Å². The minimum Gasteiger partial charge on any atom is -0.457 e. The maximum Gasteiger partial charge on any atom is 0.248 e. The Morgan fingerprint density at radius 3 is 2.24 bits per heavy atom. The first kappa shape index (κ1) is 22.3. The van der Waals surface area contributed by atoms with Crippen LogP contribution in [0.5, 0.6) is 11.5 Å². The number of primary amides is 1. The number of ether oxygens (including phenoxy) is 1. The Balaban J connectivity index is 1.76. The molecule has 0 fully saturated rings. The first-order chi connectivity index (χ1) is 16.0. The van der Waals surface area contributed by atoms with Crippen LogP contribution in [-0.4, -0.2) is 10.9 Å². The average Bonchev–Trinajstić information content (AvgIpc) is 2.84. The number of aromatic nitrogens is 1. The Morgan fingerprint density at radius 1 is 0.909 bits per heavy atom. The zero-order chi connectivity index (χ0) is 23.4. The lowest BCUT2D eigenvalue weighted by molar-refractivity contribution is 0.100. The smallest absolute Gasteiger partial charge is 0.248 e. The van der Waals surface area contributed by atoms with E-state index in [0.29, 0.717) is 22.6 Å². The number of pyridine rings is 1. The molecule has 0 aliphatic heterocycles. The number of nitrogens with one attached hydrogen (secondary N) is 1. The van der Waals surface area contributed by atoms with Crippen LogP contribution >= 0.6 is 22.9 Å². The van der Waals surface area contributed by atoms with E-state index < -0.39 is 5.91 Å². The normalized spacial score (nSPS) is 10.5. The van der Waals surface area contributed by atoms with Gasteiger partial charge in [0.1, 0.15) is 11.5 Å². The number of nitrogens with zero attached hydrogens (tertiary/aromatic N) is 1. The highest BCUT2D eigenvalue weighted by Crippen LogP contribution is 2.39. The van der Waals surface area contributed by atoms with Crippen LogP contribution in [0.1, 0.15) is 15.9 Å². The molecular weight excluding hydrogens is 527 g/mol. The Bertz CT molecular complexity index is 1320. The van der Waals surface area contributed by atoms with Gasteiger partial charge in [0.05, 0.1) is 34.2 Å². The molecular formula is C26H21IN4O2. The van der Waals surface area contributed by atoms with Crippen molar-refractivity contribution in [1.29, 1.82) is 0 Å². The summed E-state index contributed by atoms with van der Waals surface area (Å²) in [7, 11) is 0. The Morgan fingerprint density at radius 2 is 1.61 bits per heavy atom. The predicted molar refractivity (Wildman–Crippen MR) is 141 cm³/mol. The van der Waals surface area contributed by atoms with Gasteiger partial charge in [0, 0.05) is 34.1 Å². The molecule has 0 saturated heterocycles. The second-order valence-electron chi connectivity index (χ2n) is 7.27. The highest BCUT2D eigenvalue weighted by molar-refractivity contribution is 14.1. The van der Waals surface area contributed by atoms with Gasteiger partial charge in [-0.3, -0.25) is 9.78 Å². The molecule has 0 aliphatic rings. The summed E-state index contributed by atoms with van der Waals surface area (Å²) in [5, 5.41) is 0. The van der Waals surface area contributed by atoms with Crippen LogP contribution in [0.25, 0.3) is 28.1 Å². The second kappa shape index (κ2) is 9.74. The monoisotopic (exact) mass is 548 g/mol. The molecule has 0 bridgehead atoms. The molecule has 0 unspecified atom stereocenters. The van der Waals surface area contributed by atoms with Crippen LogP contribution in [0.15, 0.2) is 91.6 Å². The van der Waals surface area contributed by atoms with E-state index in [-0.39, 0.29) is 0 Å². The highest BCUT2D eigenvalue weighted by Gasteiger charge is 2.19. The van der Waals surface area contributed by atoms with Crippen molar-refractivity contribution >= 4 is 40.2 Å². The molecule has 3 aromatic carbocycles. The number of para-hydroxylation sites is 1. The van der Waals surface area contributed by atoms with Gasteiger partial charge in [-0.1, -0.05) is 49.0 Å². The molecule has 33 heavy (non-hydrogen) atoms. The topological polar surface area (TPSA) is 103 Å². The lowest BCUT2D eigenvalue weighted by atomic mass is 9.95. The van der Waals surface area contributed by atoms with Gasteiger partial charge in [0.25, 0.3) is 0 Å². The lowest BCUT2D eigenvalue weighted by Gasteiger charge is -2.18. The number of anilines is 1. The van der Waals surface area contributed by atoms with E-state index in [2.05, 4.69) is 15.1 Å². The average molecular weight is 548 g/mol. The Labute approximate surface area is 205 Å². The van der Waals surface area contributed by atoms with Crippen molar-refractivity contribution in [3.63, 3.8) is 0 Å². The Kier molecular flexibility index (Phi) is 6.60. The fourth-order valence-electron chi connectivity index (χ4n) is 3.52. The van der Waals surface area contributed by atoms with Crippen molar-refractivity contribution in [1.82, 2.24) is 4.98 Å². The number of nitrogens with two attached hydrogens (primary N) is 2. The minimum absolute atomic E-state index is 0.392. The van der Waals surface area contributed by atoms with Gasteiger partial charge in [0.15, 0.2) is 0 Å². The third-order valence-corrected chi connectivity index (χ3v) is 5.60. The quantitative estimate of drug-likeness (QED) is 0.194. The standard InChI is InChI=1S/C26H21IN4O2/c1-16(28)23-22(17-10-12-21(13-11-17)33-20-8-3-2-4-9-20)15-30-24(25(23)31-27)18-6-5-7-19(14-18)26(29)32/h2-15,31H,1,28H2,(H2,29,32). The van der Waals surface area contributed by atoms with Gasteiger partial charge in [-0.25, -0.2) is 0 Å². The fourth-order valence-corrected chi connectivity index (χ4v) is 4.05. The minimum atomic E-state index is -0.501. The molecule has 4 rings (SSSR count). The summed E-state index contributed by atoms with van der Waals surface area (Å²) < 4.78 is 9.06. The molecule has 0 radical (unpaired) electrons. The van der Waals surface area contributed by atoms with Crippen LogP contribution < -0.4 is 19.7 Å². The summed E-state index contributed by atoms with van der Waals surface area (Å²) in [6, 6.07) is 24.3. The molecule has 0 aliphatic carbocycles. The van der Waals surface area contributed by atoms with Gasteiger partial charge in [-0.2, -0.15) is 0 Å². The molecule has 1 heterocycles. The molecule has 1 amide bonds. The number of carbonyl (C=O) groups excluding carboxylic acids is 1. The fraction of sp³-hybridized carbons (Fsp3) is 0. The van der Waals surface area contributed by atoms with Gasteiger partial charge >= 0.3 is 0 Å². The molecule has 4 aromatic rings. The maximum atomic E-state index is 11.6. The van der Waals surface area contributed by atoms with Crippen molar-refractivity contribution in [2.75, 3.05) is 3.53 Å². The zero-order valence-electron chi connectivity index (χ0n) is 17.6. The number of hydrogen-bond donors (Lipinski definition) is 3. The third-order valence-electron chi connectivity index (χ3n) is 5.06. The molecule has 1 aromatic heterocycles. The summed E-state index contributed by atoms with van der Waals surface area (Å²) in [5.41, 5.74) is 17.0. The number of amides is 1. The molecule has 6 nitrogen and oxygen atoms in total. The summed E-state index contributed by atoms with van der Waals surface area (Å²) in [5.74, 6) is 0.985. The van der Waals surface area contributed by atoms with E-state index in [1.165, 1.54) is 0 Å². The predicted octanol–water partition coefficient (Wildman–Crippen LogP) is 6.00. The van der Waals surface area contributed by atoms with Gasteiger partial charge in [0.2, 0.25) is 5.91 Å². The number of hydrogen-bond acceptors (Lipinski definition) is 5. The van der Waals surface area contributed by atoms with Crippen molar-refractivity contribution < 1.29 is 9.53 Å². The van der Waals surface area contributed by atoms with E-state index in [4.69, 9.17) is 16.2 Å². The number of carbonyl (C=O) groups is 1. The van der Waals surface area contributed by atoms with E-state index in [9.17, 15) is 4.79 Å². The van der Waals surface area contributed by atoms with Crippen LogP contribution in [-0.2, 0) is 0 Å². The van der Waals surface area contributed by atoms with Crippen molar-refractivity contribution in [3.05, 3.63) is 103 Å². The van der Waals surface area contributed by atoms with E-state index in [1.54, 1.807) is 24.4 Å².